The van der Waals surface area contributed by atoms with Crippen molar-refractivity contribution in [2.24, 2.45) is 5.10 Å². The molecule has 144 valence electrons. The predicted molar refractivity (Wildman–Crippen MR) is 112 cm³/mol. The van der Waals surface area contributed by atoms with Crippen molar-refractivity contribution >= 4 is 29.4 Å². The summed E-state index contributed by atoms with van der Waals surface area (Å²) < 4.78 is 5.50. The predicted octanol–water partition coefficient (Wildman–Crippen LogP) is 4.33. The van der Waals surface area contributed by atoms with Crippen molar-refractivity contribution in [2.75, 3.05) is 24.6 Å². The number of anilines is 1. The highest BCUT2D eigenvalue weighted by Crippen LogP contribution is 2.25. The molecule has 0 unspecified atom stereocenters. The van der Waals surface area contributed by atoms with Crippen LogP contribution >= 0.6 is 11.6 Å². The SMILES string of the molecule is CCN(CC)c1ccc(/C=N\NC(=O)COc2cc(C)c(Cl)c(C)c2)cc1. The van der Waals surface area contributed by atoms with Gasteiger partial charge in [0, 0.05) is 23.8 Å². The Morgan fingerprint density at radius 3 is 2.30 bits per heavy atom. The summed E-state index contributed by atoms with van der Waals surface area (Å²) in [5.41, 5.74) is 6.38. The van der Waals surface area contributed by atoms with E-state index in [1.54, 1.807) is 6.21 Å². The van der Waals surface area contributed by atoms with Crippen LogP contribution in [0, 0.1) is 13.8 Å². The van der Waals surface area contributed by atoms with Crippen LogP contribution in [0.25, 0.3) is 0 Å². The average molecular weight is 388 g/mol. The van der Waals surface area contributed by atoms with Crippen LogP contribution in [-0.2, 0) is 4.79 Å². The minimum Gasteiger partial charge on any atom is -0.484 e. The number of aryl methyl sites for hydroxylation is 2. The van der Waals surface area contributed by atoms with Gasteiger partial charge in [0.1, 0.15) is 5.75 Å². The lowest BCUT2D eigenvalue weighted by molar-refractivity contribution is -0.123. The van der Waals surface area contributed by atoms with Crippen LogP contribution in [0.5, 0.6) is 5.75 Å². The number of hydrogen-bond donors (Lipinski definition) is 1. The highest BCUT2D eigenvalue weighted by molar-refractivity contribution is 6.32. The summed E-state index contributed by atoms with van der Waals surface area (Å²) in [6.45, 7) is 9.88. The Morgan fingerprint density at radius 1 is 1.15 bits per heavy atom. The van der Waals surface area contributed by atoms with Crippen LogP contribution in [0.1, 0.15) is 30.5 Å². The molecule has 0 heterocycles. The molecule has 0 saturated carbocycles. The lowest BCUT2D eigenvalue weighted by Gasteiger charge is -2.20. The van der Waals surface area contributed by atoms with E-state index in [9.17, 15) is 4.79 Å². The Labute approximate surface area is 166 Å². The molecule has 2 aromatic carbocycles. The van der Waals surface area contributed by atoms with E-state index in [0.29, 0.717) is 10.8 Å². The zero-order valence-electron chi connectivity index (χ0n) is 16.3. The van der Waals surface area contributed by atoms with E-state index in [4.69, 9.17) is 16.3 Å². The van der Waals surface area contributed by atoms with Crippen LogP contribution in [0.3, 0.4) is 0 Å². The van der Waals surface area contributed by atoms with E-state index in [1.807, 2.05) is 50.2 Å². The third-order valence-electron chi connectivity index (χ3n) is 4.20. The summed E-state index contributed by atoms with van der Waals surface area (Å²) in [6.07, 6.45) is 1.61. The maximum atomic E-state index is 11.9. The summed E-state index contributed by atoms with van der Waals surface area (Å²) >= 11 is 6.13. The Hall–Kier alpha value is -2.53. The van der Waals surface area contributed by atoms with E-state index < -0.39 is 0 Å². The first kappa shape index (κ1) is 20.8. The standard InChI is InChI=1S/C21H26ClN3O2/c1-5-25(6-2)18-9-7-17(8-10-18)13-23-24-20(26)14-27-19-11-15(3)21(22)16(4)12-19/h7-13H,5-6,14H2,1-4H3,(H,24,26)/b23-13-. The molecular formula is C21H26ClN3O2. The maximum absolute atomic E-state index is 11.9. The minimum atomic E-state index is -0.323. The fraction of sp³-hybridized carbons (Fsp3) is 0.333. The quantitative estimate of drug-likeness (QED) is 0.541. The molecular weight excluding hydrogens is 362 g/mol. The summed E-state index contributed by atoms with van der Waals surface area (Å²) in [5, 5.41) is 4.69. The number of benzene rings is 2. The first-order valence-corrected chi connectivity index (χ1v) is 9.38. The molecule has 2 rings (SSSR count). The Morgan fingerprint density at radius 2 is 1.74 bits per heavy atom. The molecule has 0 fully saturated rings. The van der Waals surface area contributed by atoms with Gasteiger partial charge in [-0.15, -0.1) is 0 Å². The molecule has 0 aromatic heterocycles. The van der Waals surface area contributed by atoms with Gasteiger partial charge in [-0.3, -0.25) is 4.79 Å². The third kappa shape index (κ3) is 6.00. The number of hydrogen-bond acceptors (Lipinski definition) is 4. The number of carbonyl (C=O) groups is 1. The lowest BCUT2D eigenvalue weighted by atomic mass is 10.1. The van der Waals surface area contributed by atoms with Gasteiger partial charge in [0.25, 0.3) is 5.91 Å². The molecule has 6 heteroatoms. The monoisotopic (exact) mass is 387 g/mol. The van der Waals surface area contributed by atoms with Crippen LogP contribution in [0.2, 0.25) is 5.02 Å². The highest BCUT2D eigenvalue weighted by Gasteiger charge is 2.06. The fourth-order valence-corrected chi connectivity index (χ4v) is 2.82. The number of amides is 1. The number of ether oxygens (including phenoxy) is 1. The first-order valence-electron chi connectivity index (χ1n) is 9.01. The van der Waals surface area contributed by atoms with Crippen LogP contribution < -0.4 is 15.1 Å². The van der Waals surface area contributed by atoms with Gasteiger partial charge in [-0.05, 0) is 68.7 Å². The smallest absolute Gasteiger partial charge is 0.277 e. The summed E-state index contributed by atoms with van der Waals surface area (Å²) in [6, 6.07) is 11.7. The number of halogens is 1. The topological polar surface area (TPSA) is 53.9 Å². The normalized spacial score (nSPS) is 10.9. The summed E-state index contributed by atoms with van der Waals surface area (Å²) in [4.78, 5) is 14.1. The number of rotatable bonds is 8. The molecule has 0 aliphatic carbocycles. The molecule has 5 nitrogen and oxygen atoms in total. The van der Waals surface area contributed by atoms with Crippen molar-refractivity contribution < 1.29 is 9.53 Å². The Kier molecular flexibility index (Phi) is 7.67. The Balaban J connectivity index is 1.84. The third-order valence-corrected chi connectivity index (χ3v) is 4.80. The molecule has 27 heavy (non-hydrogen) atoms. The van der Waals surface area contributed by atoms with E-state index >= 15 is 0 Å². The fourth-order valence-electron chi connectivity index (χ4n) is 2.71. The van der Waals surface area contributed by atoms with Crippen LogP contribution in [0.15, 0.2) is 41.5 Å². The molecule has 1 amide bonds. The largest absolute Gasteiger partial charge is 0.484 e. The van der Waals surface area contributed by atoms with Crippen molar-refractivity contribution in [3.63, 3.8) is 0 Å². The second-order valence-corrected chi connectivity index (χ2v) is 6.59. The molecule has 0 bridgehead atoms. The van der Waals surface area contributed by atoms with E-state index in [0.717, 1.165) is 29.8 Å². The van der Waals surface area contributed by atoms with Gasteiger partial charge in [-0.25, -0.2) is 5.43 Å². The average Bonchev–Trinajstić information content (AvgIpc) is 2.66. The van der Waals surface area contributed by atoms with Gasteiger partial charge < -0.3 is 9.64 Å². The van der Waals surface area contributed by atoms with Crippen molar-refractivity contribution in [1.29, 1.82) is 0 Å². The van der Waals surface area contributed by atoms with E-state index in [2.05, 4.69) is 29.3 Å². The van der Waals surface area contributed by atoms with Gasteiger partial charge in [0.05, 0.1) is 6.21 Å². The zero-order chi connectivity index (χ0) is 19.8. The van der Waals surface area contributed by atoms with Crippen molar-refractivity contribution in [1.82, 2.24) is 5.43 Å². The summed E-state index contributed by atoms with van der Waals surface area (Å²) in [7, 11) is 0. The number of nitrogens with one attached hydrogen (secondary N) is 1. The zero-order valence-corrected chi connectivity index (χ0v) is 17.0. The van der Waals surface area contributed by atoms with Gasteiger partial charge >= 0.3 is 0 Å². The van der Waals surface area contributed by atoms with Gasteiger partial charge in [0.2, 0.25) is 0 Å². The van der Waals surface area contributed by atoms with Gasteiger partial charge in [-0.2, -0.15) is 5.10 Å². The minimum absolute atomic E-state index is 0.112. The van der Waals surface area contributed by atoms with Crippen molar-refractivity contribution in [3.8, 4) is 5.75 Å². The van der Waals surface area contributed by atoms with Crippen molar-refractivity contribution in [3.05, 3.63) is 58.1 Å². The molecule has 2 aromatic rings. The van der Waals surface area contributed by atoms with Gasteiger partial charge in [-0.1, -0.05) is 23.7 Å². The maximum Gasteiger partial charge on any atom is 0.277 e. The number of nitrogens with zero attached hydrogens (tertiary/aromatic N) is 2. The van der Waals surface area contributed by atoms with E-state index in [1.165, 1.54) is 5.69 Å². The number of hydrazone groups is 1. The molecule has 0 radical (unpaired) electrons. The first-order chi connectivity index (χ1) is 12.9. The summed E-state index contributed by atoms with van der Waals surface area (Å²) in [5.74, 6) is 0.289. The molecule has 0 spiro atoms. The molecule has 0 aliphatic rings. The van der Waals surface area contributed by atoms with Crippen molar-refractivity contribution in [2.45, 2.75) is 27.7 Å². The van der Waals surface area contributed by atoms with Crippen LogP contribution in [-0.4, -0.2) is 31.8 Å². The van der Waals surface area contributed by atoms with Crippen LogP contribution in [0.4, 0.5) is 5.69 Å². The molecule has 0 saturated heterocycles. The second kappa shape index (κ2) is 9.97. The Bertz CT molecular complexity index is 777. The molecule has 0 atom stereocenters. The molecule has 0 aliphatic heterocycles. The highest BCUT2D eigenvalue weighted by atomic mass is 35.5. The molecule has 1 N–H and O–H groups in total. The lowest BCUT2D eigenvalue weighted by Crippen LogP contribution is -2.24. The second-order valence-electron chi connectivity index (χ2n) is 6.22. The number of carbonyl (C=O) groups excluding carboxylic acids is 1. The van der Waals surface area contributed by atoms with E-state index in [-0.39, 0.29) is 12.5 Å². The van der Waals surface area contributed by atoms with Gasteiger partial charge in [0.15, 0.2) is 6.61 Å².